The maximum Gasteiger partial charge on any atom is 0.129 e. The Bertz CT molecular complexity index is 421. The van der Waals surface area contributed by atoms with E-state index in [0.717, 1.165) is 30.6 Å². The summed E-state index contributed by atoms with van der Waals surface area (Å²) in [7, 11) is 0. The van der Waals surface area contributed by atoms with Gasteiger partial charge >= 0.3 is 0 Å². The molecule has 0 fully saturated rings. The average molecular weight is 248 g/mol. The van der Waals surface area contributed by atoms with Crippen molar-refractivity contribution in [1.29, 1.82) is 0 Å². The molecule has 1 aromatic carbocycles. The molecule has 0 aromatic heterocycles. The first kappa shape index (κ1) is 13.4. The lowest BCUT2D eigenvalue weighted by atomic mass is 9.96. The van der Waals surface area contributed by atoms with Gasteiger partial charge in [-0.15, -0.1) is 0 Å². The fourth-order valence-corrected chi connectivity index (χ4v) is 2.55. The van der Waals surface area contributed by atoms with E-state index < -0.39 is 6.10 Å². The number of rotatable bonds is 4. The number of aliphatic hydroxyl groups is 1. The van der Waals surface area contributed by atoms with Crippen LogP contribution in [-0.4, -0.2) is 10.7 Å². The molecule has 0 saturated heterocycles. The van der Waals surface area contributed by atoms with E-state index in [1.54, 1.807) is 0 Å². The fourth-order valence-electron chi connectivity index (χ4n) is 2.55. The normalized spacial score (nSPS) is 18.6. The Balaban J connectivity index is 2.18. The van der Waals surface area contributed by atoms with Gasteiger partial charge in [0.05, 0.1) is 6.10 Å². The molecule has 18 heavy (non-hydrogen) atoms. The minimum absolute atomic E-state index is 0.143. The summed E-state index contributed by atoms with van der Waals surface area (Å²) in [6.07, 6.45) is 2.36. The van der Waals surface area contributed by atoms with Gasteiger partial charge in [-0.05, 0) is 38.2 Å². The number of para-hydroxylation sites is 1. The number of hydrogen-bond acceptors (Lipinski definition) is 2. The van der Waals surface area contributed by atoms with Gasteiger partial charge in [0.1, 0.15) is 11.4 Å². The Hall–Kier alpha value is -1.02. The number of benzene rings is 1. The zero-order chi connectivity index (χ0) is 13.3. The van der Waals surface area contributed by atoms with Gasteiger partial charge in [-0.1, -0.05) is 32.0 Å². The van der Waals surface area contributed by atoms with E-state index in [0.29, 0.717) is 5.92 Å². The van der Waals surface area contributed by atoms with Crippen LogP contribution in [0.25, 0.3) is 0 Å². The Morgan fingerprint density at radius 1 is 1.28 bits per heavy atom. The summed E-state index contributed by atoms with van der Waals surface area (Å²) in [6, 6.07) is 6.12. The molecule has 0 aliphatic carbocycles. The van der Waals surface area contributed by atoms with Gasteiger partial charge in [0.15, 0.2) is 0 Å². The van der Waals surface area contributed by atoms with Crippen molar-refractivity contribution in [2.75, 3.05) is 0 Å². The van der Waals surface area contributed by atoms with Crippen LogP contribution in [0.5, 0.6) is 5.75 Å². The van der Waals surface area contributed by atoms with Crippen molar-refractivity contribution in [2.45, 2.75) is 58.7 Å². The number of hydrogen-bond donors (Lipinski definition) is 1. The average Bonchev–Trinajstić information content (AvgIpc) is 2.59. The van der Waals surface area contributed by atoms with Gasteiger partial charge < -0.3 is 9.84 Å². The third-order valence-electron chi connectivity index (χ3n) is 3.50. The van der Waals surface area contributed by atoms with Crippen LogP contribution in [0.1, 0.15) is 57.8 Å². The molecule has 2 nitrogen and oxygen atoms in total. The topological polar surface area (TPSA) is 29.5 Å². The van der Waals surface area contributed by atoms with Crippen LogP contribution in [0.2, 0.25) is 0 Å². The molecule has 0 saturated carbocycles. The van der Waals surface area contributed by atoms with Crippen molar-refractivity contribution < 1.29 is 9.84 Å². The maximum atomic E-state index is 10.3. The first-order valence-electron chi connectivity index (χ1n) is 6.88. The van der Waals surface area contributed by atoms with Crippen molar-refractivity contribution in [2.24, 2.45) is 5.92 Å². The molecule has 1 aliphatic rings. The lowest BCUT2D eigenvalue weighted by molar-refractivity contribution is 0.122. The van der Waals surface area contributed by atoms with Crippen molar-refractivity contribution >= 4 is 0 Å². The first-order valence-corrected chi connectivity index (χ1v) is 6.88. The highest BCUT2D eigenvalue weighted by molar-refractivity contribution is 5.46. The number of ether oxygens (including phenoxy) is 1. The highest BCUT2D eigenvalue weighted by Crippen LogP contribution is 2.40. The Labute approximate surface area is 110 Å². The SMILES string of the molecule is CC(C)CCC(O)c1cccc2c1OC(C)(C)C2. The molecule has 0 spiro atoms. The molecule has 1 N–H and O–H groups in total. The second kappa shape index (κ2) is 4.93. The zero-order valence-corrected chi connectivity index (χ0v) is 11.9. The predicted octanol–water partition coefficient (Wildman–Crippen LogP) is 3.87. The summed E-state index contributed by atoms with van der Waals surface area (Å²) >= 11 is 0. The van der Waals surface area contributed by atoms with Crippen LogP contribution in [0.3, 0.4) is 0 Å². The molecule has 0 bridgehead atoms. The predicted molar refractivity (Wildman–Crippen MR) is 73.9 cm³/mol. The first-order chi connectivity index (χ1) is 8.39. The van der Waals surface area contributed by atoms with Crippen molar-refractivity contribution in [3.8, 4) is 5.75 Å². The molecule has 1 atom stereocenters. The smallest absolute Gasteiger partial charge is 0.129 e. The molecule has 1 aromatic rings. The number of fused-ring (bicyclic) bond motifs is 1. The van der Waals surface area contributed by atoms with Crippen molar-refractivity contribution in [1.82, 2.24) is 0 Å². The van der Waals surface area contributed by atoms with Crippen molar-refractivity contribution in [3.05, 3.63) is 29.3 Å². The van der Waals surface area contributed by atoms with Crippen LogP contribution in [-0.2, 0) is 6.42 Å². The highest BCUT2D eigenvalue weighted by atomic mass is 16.5. The summed E-state index contributed by atoms with van der Waals surface area (Å²) in [6.45, 7) is 8.55. The van der Waals surface area contributed by atoms with Crippen LogP contribution in [0.4, 0.5) is 0 Å². The van der Waals surface area contributed by atoms with Gasteiger partial charge in [0.25, 0.3) is 0 Å². The monoisotopic (exact) mass is 248 g/mol. The van der Waals surface area contributed by atoms with E-state index in [4.69, 9.17) is 4.74 Å². The van der Waals surface area contributed by atoms with Crippen LogP contribution in [0, 0.1) is 5.92 Å². The third-order valence-corrected chi connectivity index (χ3v) is 3.50. The molecular weight excluding hydrogens is 224 g/mol. The molecule has 100 valence electrons. The quantitative estimate of drug-likeness (QED) is 0.876. The lowest BCUT2D eigenvalue weighted by Gasteiger charge is -2.20. The lowest BCUT2D eigenvalue weighted by Crippen LogP contribution is -2.25. The van der Waals surface area contributed by atoms with E-state index in [9.17, 15) is 5.11 Å². The van der Waals surface area contributed by atoms with Gasteiger partial charge in [-0.2, -0.15) is 0 Å². The van der Waals surface area contributed by atoms with Gasteiger partial charge in [0, 0.05) is 12.0 Å². The van der Waals surface area contributed by atoms with E-state index in [1.165, 1.54) is 5.56 Å². The van der Waals surface area contributed by atoms with Crippen LogP contribution < -0.4 is 4.74 Å². The minimum atomic E-state index is -0.406. The molecular formula is C16H24O2. The molecule has 0 amide bonds. The summed E-state index contributed by atoms with van der Waals surface area (Å²) in [5, 5.41) is 10.3. The van der Waals surface area contributed by atoms with E-state index in [1.807, 2.05) is 12.1 Å². The Kier molecular flexibility index (Phi) is 3.67. The Morgan fingerprint density at radius 2 is 2.00 bits per heavy atom. The Morgan fingerprint density at radius 3 is 2.67 bits per heavy atom. The van der Waals surface area contributed by atoms with Gasteiger partial charge in [-0.3, -0.25) is 0 Å². The van der Waals surface area contributed by atoms with Gasteiger partial charge in [0.2, 0.25) is 0 Å². The molecule has 0 radical (unpaired) electrons. The standard InChI is InChI=1S/C16H24O2/c1-11(2)8-9-14(17)13-7-5-6-12-10-16(3,4)18-15(12)13/h5-7,11,14,17H,8-10H2,1-4H3. The molecule has 1 heterocycles. The largest absolute Gasteiger partial charge is 0.487 e. The van der Waals surface area contributed by atoms with Crippen LogP contribution in [0.15, 0.2) is 18.2 Å². The zero-order valence-electron chi connectivity index (χ0n) is 11.9. The molecule has 1 aliphatic heterocycles. The fraction of sp³-hybridized carbons (Fsp3) is 0.625. The molecule has 2 rings (SSSR count). The number of aliphatic hydroxyl groups excluding tert-OH is 1. The highest BCUT2D eigenvalue weighted by Gasteiger charge is 2.32. The van der Waals surface area contributed by atoms with Crippen LogP contribution >= 0.6 is 0 Å². The second-order valence-corrected chi connectivity index (χ2v) is 6.36. The molecule has 1 unspecified atom stereocenters. The molecule has 2 heteroatoms. The van der Waals surface area contributed by atoms with Gasteiger partial charge in [-0.25, -0.2) is 0 Å². The summed E-state index contributed by atoms with van der Waals surface area (Å²) in [5.41, 5.74) is 2.04. The van der Waals surface area contributed by atoms with E-state index in [2.05, 4.69) is 33.8 Å². The summed E-state index contributed by atoms with van der Waals surface area (Å²) in [4.78, 5) is 0. The van der Waals surface area contributed by atoms with E-state index >= 15 is 0 Å². The van der Waals surface area contributed by atoms with E-state index in [-0.39, 0.29) is 5.60 Å². The maximum absolute atomic E-state index is 10.3. The summed E-state index contributed by atoms with van der Waals surface area (Å²) in [5.74, 6) is 1.53. The summed E-state index contributed by atoms with van der Waals surface area (Å²) < 4.78 is 5.99. The third kappa shape index (κ3) is 2.86. The second-order valence-electron chi connectivity index (χ2n) is 6.36. The minimum Gasteiger partial charge on any atom is -0.487 e. The van der Waals surface area contributed by atoms with Crippen molar-refractivity contribution in [3.63, 3.8) is 0 Å².